The van der Waals surface area contributed by atoms with Gasteiger partial charge in [-0.05, 0) is 31.2 Å². The van der Waals surface area contributed by atoms with E-state index in [9.17, 15) is 14.9 Å². The van der Waals surface area contributed by atoms with Crippen LogP contribution in [0.5, 0.6) is 0 Å². The maximum Gasteiger partial charge on any atom is 0.162 e. The fourth-order valence-corrected chi connectivity index (χ4v) is 0.885. The van der Waals surface area contributed by atoms with Crippen molar-refractivity contribution in [2.24, 2.45) is 0 Å². The zero-order valence-electron chi connectivity index (χ0n) is 6.98. The summed E-state index contributed by atoms with van der Waals surface area (Å²) in [4.78, 5) is 20.8. The largest absolute Gasteiger partial charge is 0.295 e. The van der Waals surface area contributed by atoms with Crippen LogP contribution in [0.1, 0.15) is 17.3 Å². The summed E-state index contributed by atoms with van der Waals surface area (Å²) in [6.07, 6.45) is 0. The molecule has 1 aromatic rings. The van der Waals surface area contributed by atoms with Gasteiger partial charge in [0.2, 0.25) is 0 Å². The van der Waals surface area contributed by atoms with E-state index in [0.29, 0.717) is 11.3 Å². The third-order valence-electron chi connectivity index (χ3n) is 1.51. The number of hydrogen-bond donors (Lipinski definition) is 1. The molecule has 0 amide bonds. The monoisotopic (exact) mass is 180 g/mol. The average molecular weight is 180 g/mol. The van der Waals surface area contributed by atoms with Crippen LogP contribution in [0, 0.1) is 10.1 Å². The van der Waals surface area contributed by atoms with Crippen LogP contribution in [0.2, 0.25) is 0 Å². The Kier molecular flexibility index (Phi) is 2.59. The second-order valence-corrected chi connectivity index (χ2v) is 2.50. The Balaban J connectivity index is 2.81. The van der Waals surface area contributed by atoms with Gasteiger partial charge in [0.25, 0.3) is 0 Å². The summed E-state index contributed by atoms with van der Waals surface area (Å²) < 4.78 is 0. The average Bonchev–Trinajstić information content (AvgIpc) is 2.04. The van der Waals surface area contributed by atoms with Crippen LogP contribution >= 0.6 is 0 Å². The van der Waals surface area contributed by atoms with E-state index in [-0.39, 0.29) is 5.78 Å². The van der Waals surface area contributed by atoms with Gasteiger partial charge >= 0.3 is 0 Å². The molecule has 0 atom stereocenters. The van der Waals surface area contributed by atoms with Gasteiger partial charge in [0, 0.05) is 5.56 Å². The van der Waals surface area contributed by atoms with Crippen molar-refractivity contribution >= 4 is 11.5 Å². The molecule has 1 rings (SSSR count). The van der Waals surface area contributed by atoms with E-state index < -0.39 is 5.03 Å². The maximum absolute atomic E-state index is 10.8. The lowest BCUT2D eigenvalue weighted by Gasteiger charge is -1.97. The third-order valence-corrected chi connectivity index (χ3v) is 1.51. The van der Waals surface area contributed by atoms with Gasteiger partial charge in [0.15, 0.2) is 10.8 Å². The molecular formula is C8H8N2O3. The highest BCUT2D eigenvalue weighted by atomic mass is 16.7. The molecule has 1 N–H and O–H groups in total. The lowest BCUT2D eigenvalue weighted by atomic mass is 10.1. The van der Waals surface area contributed by atoms with E-state index in [4.69, 9.17) is 0 Å². The van der Waals surface area contributed by atoms with E-state index in [1.54, 1.807) is 0 Å². The van der Waals surface area contributed by atoms with E-state index in [1.165, 1.54) is 31.2 Å². The summed E-state index contributed by atoms with van der Waals surface area (Å²) in [6, 6.07) is 6.04. The van der Waals surface area contributed by atoms with Crippen molar-refractivity contribution < 1.29 is 9.83 Å². The molecule has 0 aliphatic rings. The first-order valence-electron chi connectivity index (χ1n) is 3.61. The first-order valence-corrected chi connectivity index (χ1v) is 3.61. The Morgan fingerprint density at radius 1 is 1.38 bits per heavy atom. The molecule has 0 saturated carbocycles. The molecule has 5 nitrogen and oxygen atoms in total. The number of rotatable bonds is 3. The number of nitro groups is 1. The van der Waals surface area contributed by atoms with Crippen molar-refractivity contribution in [2.45, 2.75) is 6.92 Å². The minimum atomic E-state index is -0.650. The van der Waals surface area contributed by atoms with E-state index in [0.717, 1.165) is 0 Å². The number of ketones is 1. The highest BCUT2D eigenvalue weighted by Crippen LogP contribution is 2.09. The Bertz CT molecular complexity index is 332. The fourth-order valence-electron chi connectivity index (χ4n) is 0.885. The Morgan fingerprint density at radius 3 is 2.31 bits per heavy atom. The minimum Gasteiger partial charge on any atom is -0.295 e. The molecule has 0 aliphatic heterocycles. The minimum absolute atomic E-state index is 0.0624. The quantitative estimate of drug-likeness (QED) is 0.434. The van der Waals surface area contributed by atoms with Crippen molar-refractivity contribution in [2.75, 3.05) is 5.43 Å². The summed E-state index contributed by atoms with van der Waals surface area (Å²) in [5, 5.41) is 9.36. The number of Topliss-reactive ketones (excluding diaryl/α,β-unsaturated/α-hetero) is 1. The topological polar surface area (TPSA) is 72.2 Å². The molecule has 13 heavy (non-hydrogen) atoms. The van der Waals surface area contributed by atoms with Crippen molar-refractivity contribution in [3.63, 3.8) is 0 Å². The van der Waals surface area contributed by atoms with Gasteiger partial charge in [-0.1, -0.05) is 0 Å². The van der Waals surface area contributed by atoms with Gasteiger partial charge in [-0.25, -0.2) is 10.1 Å². The number of hydrogen-bond acceptors (Lipinski definition) is 3. The Hall–Kier alpha value is -1.91. The standard InChI is InChI=1S/C8H8N2O3/c1-6(11)7-2-4-8(5-3-7)9-10(12)13/h2-5,9H,1H3. The summed E-state index contributed by atoms with van der Waals surface area (Å²) in [7, 11) is 0. The highest BCUT2D eigenvalue weighted by molar-refractivity contribution is 5.94. The van der Waals surface area contributed by atoms with Crippen LogP contribution in [0.15, 0.2) is 24.3 Å². The number of nitrogens with one attached hydrogen (secondary N) is 1. The lowest BCUT2D eigenvalue weighted by molar-refractivity contribution is -0.445. The number of hydrazine groups is 1. The molecule has 68 valence electrons. The molecule has 0 heterocycles. The first-order chi connectivity index (χ1) is 6.09. The molecule has 5 heteroatoms. The van der Waals surface area contributed by atoms with Crippen LogP contribution in [-0.2, 0) is 0 Å². The molecule has 0 bridgehead atoms. The van der Waals surface area contributed by atoms with Gasteiger partial charge in [-0.3, -0.25) is 4.79 Å². The molecule has 0 aromatic heterocycles. The van der Waals surface area contributed by atoms with Gasteiger partial charge in [-0.15, -0.1) is 5.43 Å². The maximum atomic E-state index is 10.8. The molecule has 0 unspecified atom stereocenters. The zero-order chi connectivity index (χ0) is 9.84. The molecular weight excluding hydrogens is 172 g/mol. The molecule has 0 spiro atoms. The number of carbonyl (C=O) groups is 1. The van der Waals surface area contributed by atoms with Crippen molar-refractivity contribution in [1.29, 1.82) is 0 Å². The van der Waals surface area contributed by atoms with Gasteiger partial charge in [0.1, 0.15) is 5.69 Å². The Labute approximate surface area is 74.5 Å². The number of nitrogens with zero attached hydrogens (tertiary/aromatic N) is 1. The SMILES string of the molecule is CC(=O)c1ccc(N[N+](=O)[O-])cc1. The van der Waals surface area contributed by atoms with E-state index in [2.05, 4.69) is 0 Å². The van der Waals surface area contributed by atoms with Crippen molar-refractivity contribution in [3.8, 4) is 0 Å². The first kappa shape index (κ1) is 9.18. The molecule has 0 aliphatic carbocycles. The summed E-state index contributed by atoms with van der Waals surface area (Å²) in [5.41, 5.74) is 2.87. The van der Waals surface area contributed by atoms with Gasteiger partial charge in [-0.2, -0.15) is 0 Å². The number of carbonyl (C=O) groups excluding carboxylic acids is 1. The highest BCUT2D eigenvalue weighted by Gasteiger charge is 2.01. The summed E-state index contributed by atoms with van der Waals surface area (Å²) >= 11 is 0. The predicted octanol–water partition coefficient (Wildman–Crippen LogP) is 1.49. The van der Waals surface area contributed by atoms with Crippen LogP contribution in [0.3, 0.4) is 0 Å². The summed E-state index contributed by atoms with van der Waals surface area (Å²) in [5.74, 6) is -0.0624. The third kappa shape index (κ3) is 2.55. The van der Waals surface area contributed by atoms with Gasteiger partial charge in [0.05, 0.1) is 0 Å². The number of benzene rings is 1. The molecule has 0 saturated heterocycles. The van der Waals surface area contributed by atoms with Gasteiger partial charge < -0.3 is 0 Å². The smallest absolute Gasteiger partial charge is 0.162 e. The molecule has 0 fully saturated rings. The van der Waals surface area contributed by atoms with E-state index >= 15 is 0 Å². The zero-order valence-corrected chi connectivity index (χ0v) is 6.98. The molecule has 0 radical (unpaired) electrons. The second kappa shape index (κ2) is 3.66. The van der Waals surface area contributed by atoms with Crippen molar-refractivity contribution in [1.82, 2.24) is 0 Å². The van der Waals surface area contributed by atoms with Crippen LogP contribution < -0.4 is 5.43 Å². The van der Waals surface area contributed by atoms with Crippen LogP contribution in [0.25, 0.3) is 0 Å². The molecule has 1 aromatic carbocycles. The lowest BCUT2D eigenvalue weighted by Crippen LogP contribution is -2.07. The second-order valence-electron chi connectivity index (χ2n) is 2.50. The van der Waals surface area contributed by atoms with E-state index in [1.807, 2.05) is 5.43 Å². The number of anilines is 1. The predicted molar refractivity (Wildman–Crippen MR) is 47.1 cm³/mol. The normalized spacial score (nSPS) is 9.31. The van der Waals surface area contributed by atoms with Crippen LogP contribution in [0.4, 0.5) is 5.69 Å². The fraction of sp³-hybridized carbons (Fsp3) is 0.125. The van der Waals surface area contributed by atoms with Crippen LogP contribution in [-0.4, -0.2) is 10.8 Å². The van der Waals surface area contributed by atoms with Crippen molar-refractivity contribution in [3.05, 3.63) is 39.9 Å². The summed E-state index contributed by atoms with van der Waals surface area (Å²) in [6.45, 7) is 1.44. The Morgan fingerprint density at radius 2 is 1.92 bits per heavy atom.